The van der Waals surface area contributed by atoms with E-state index < -0.39 is 0 Å². The molecular formula is C23H28N4O2S. The third-order valence-corrected chi connectivity index (χ3v) is 7.83. The van der Waals surface area contributed by atoms with Crippen molar-refractivity contribution in [3.8, 4) is 0 Å². The maximum absolute atomic E-state index is 13.2. The van der Waals surface area contributed by atoms with Crippen LogP contribution in [-0.4, -0.2) is 65.9 Å². The number of hydrogen-bond acceptors (Lipinski definition) is 5. The number of rotatable bonds is 3. The van der Waals surface area contributed by atoms with Crippen molar-refractivity contribution in [1.29, 1.82) is 0 Å². The normalized spacial score (nSPS) is 21.6. The van der Waals surface area contributed by atoms with Crippen molar-refractivity contribution in [2.75, 3.05) is 44.2 Å². The molecule has 3 aliphatic rings. The van der Waals surface area contributed by atoms with E-state index in [2.05, 4.69) is 16.0 Å². The minimum absolute atomic E-state index is 0.0447. The molecule has 5 rings (SSSR count). The van der Waals surface area contributed by atoms with Gasteiger partial charge in [0.25, 0.3) is 5.91 Å². The van der Waals surface area contributed by atoms with Crippen LogP contribution in [0.4, 0.5) is 5.82 Å². The van der Waals surface area contributed by atoms with Gasteiger partial charge >= 0.3 is 0 Å². The lowest BCUT2D eigenvalue weighted by atomic mass is 9.87. The molecule has 6 nitrogen and oxygen atoms in total. The lowest BCUT2D eigenvalue weighted by Crippen LogP contribution is -2.51. The largest absolute Gasteiger partial charge is 0.353 e. The van der Waals surface area contributed by atoms with Crippen LogP contribution in [0.5, 0.6) is 0 Å². The third kappa shape index (κ3) is 3.83. The van der Waals surface area contributed by atoms with E-state index in [-0.39, 0.29) is 17.7 Å². The number of aryl methyl sites for hydroxylation is 1. The summed E-state index contributed by atoms with van der Waals surface area (Å²) in [4.78, 5) is 38.7. The number of nitrogens with zero attached hydrogens (tertiary/aromatic N) is 4. The summed E-state index contributed by atoms with van der Waals surface area (Å²) in [6, 6.07) is 8.02. The quantitative estimate of drug-likeness (QED) is 0.760. The molecule has 0 N–H and O–H groups in total. The average molecular weight is 425 g/mol. The van der Waals surface area contributed by atoms with Crippen LogP contribution in [0.1, 0.15) is 39.4 Å². The topological polar surface area (TPSA) is 56.8 Å². The van der Waals surface area contributed by atoms with Crippen molar-refractivity contribution >= 4 is 29.0 Å². The van der Waals surface area contributed by atoms with Crippen molar-refractivity contribution in [3.05, 3.63) is 45.8 Å². The number of aromatic nitrogens is 1. The summed E-state index contributed by atoms with van der Waals surface area (Å²) >= 11 is 1.65. The number of fused-ring (bicyclic) bond motifs is 1. The summed E-state index contributed by atoms with van der Waals surface area (Å²) in [5, 5.41) is 0. The van der Waals surface area contributed by atoms with Gasteiger partial charge in [0.2, 0.25) is 5.91 Å². The third-order valence-electron chi connectivity index (χ3n) is 6.60. The van der Waals surface area contributed by atoms with Crippen LogP contribution in [0.3, 0.4) is 0 Å². The second-order valence-corrected chi connectivity index (χ2v) is 9.64. The Labute approximate surface area is 181 Å². The van der Waals surface area contributed by atoms with Crippen molar-refractivity contribution < 1.29 is 9.59 Å². The monoisotopic (exact) mass is 424 g/mol. The minimum atomic E-state index is 0.0447. The molecule has 1 aliphatic carbocycles. The Morgan fingerprint density at radius 3 is 2.53 bits per heavy atom. The molecule has 4 heterocycles. The molecule has 2 aromatic rings. The molecule has 0 radical (unpaired) electrons. The summed E-state index contributed by atoms with van der Waals surface area (Å²) in [5.41, 5.74) is 1.22. The Hall–Kier alpha value is -2.41. The second-order valence-electron chi connectivity index (χ2n) is 8.50. The highest BCUT2D eigenvalue weighted by molar-refractivity contribution is 7.14. The minimum Gasteiger partial charge on any atom is -0.353 e. The van der Waals surface area contributed by atoms with Gasteiger partial charge in [-0.05, 0) is 55.9 Å². The van der Waals surface area contributed by atoms with Crippen LogP contribution in [-0.2, 0) is 17.6 Å². The van der Waals surface area contributed by atoms with Crippen LogP contribution >= 0.6 is 11.3 Å². The standard InChI is InChI=1S/C23H28N4O2S/c28-22(27-13-11-25(12-14-27)21-5-1-2-8-24-21)17-6-7-19-18(15-17)16-20(30-19)23(29)26-9-3-4-10-26/h1-2,5,8,16-17H,3-4,6-7,9-15H2/t17-/m0/s1. The van der Waals surface area contributed by atoms with E-state index in [4.69, 9.17) is 0 Å². The van der Waals surface area contributed by atoms with Crippen molar-refractivity contribution in [2.45, 2.75) is 32.1 Å². The number of thiophene rings is 1. The molecule has 0 bridgehead atoms. The number of pyridine rings is 1. The Kier molecular flexibility index (Phi) is 5.46. The van der Waals surface area contributed by atoms with E-state index >= 15 is 0 Å². The number of piperazine rings is 1. The van der Waals surface area contributed by atoms with Crippen LogP contribution in [0.2, 0.25) is 0 Å². The van der Waals surface area contributed by atoms with Crippen LogP contribution in [0.25, 0.3) is 0 Å². The van der Waals surface area contributed by atoms with Gasteiger partial charge < -0.3 is 14.7 Å². The first-order valence-corrected chi connectivity index (χ1v) is 11.9. The van der Waals surface area contributed by atoms with Gasteiger partial charge in [0.15, 0.2) is 0 Å². The first kappa shape index (κ1) is 19.5. The highest BCUT2D eigenvalue weighted by atomic mass is 32.1. The molecule has 0 saturated carbocycles. The fraction of sp³-hybridized carbons (Fsp3) is 0.522. The van der Waals surface area contributed by atoms with Gasteiger partial charge in [-0.3, -0.25) is 9.59 Å². The van der Waals surface area contributed by atoms with Crippen molar-refractivity contribution in [3.63, 3.8) is 0 Å². The lowest BCUT2D eigenvalue weighted by Gasteiger charge is -2.37. The van der Waals surface area contributed by atoms with Gasteiger partial charge in [-0.1, -0.05) is 6.07 Å². The van der Waals surface area contributed by atoms with Crippen LogP contribution in [0.15, 0.2) is 30.5 Å². The first-order valence-electron chi connectivity index (χ1n) is 11.0. The number of likely N-dealkylation sites (tertiary alicyclic amines) is 1. The highest BCUT2D eigenvalue weighted by Crippen LogP contribution is 2.34. The Balaban J connectivity index is 1.20. The predicted octanol–water partition coefficient (Wildman–Crippen LogP) is 2.83. The number of anilines is 1. The average Bonchev–Trinajstić information content (AvgIpc) is 3.48. The Bertz CT molecular complexity index is 915. The van der Waals surface area contributed by atoms with E-state index in [1.54, 1.807) is 11.3 Å². The molecule has 0 unspecified atom stereocenters. The van der Waals surface area contributed by atoms with E-state index in [9.17, 15) is 9.59 Å². The molecule has 7 heteroatoms. The molecule has 2 amide bonds. The summed E-state index contributed by atoms with van der Waals surface area (Å²) in [6.45, 7) is 4.92. The number of amides is 2. The fourth-order valence-corrected chi connectivity index (χ4v) is 6.05. The molecule has 30 heavy (non-hydrogen) atoms. The molecule has 2 fully saturated rings. The summed E-state index contributed by atoms with van der Waals surface area (Å²) in [6.07, 6.45) is 6.62. The lowest BCUT2D eigenvalue weighted by molar-refractivity contribution is -0.136. The van der Waals surface area contributed by atoms with Gasteiger partial charge in [-0.2, -0.15) is 0 Å². The molecule has 2 aliphatic heterocycles. The summed E-state index contributed by atoms with van der Waals surface area (Å²) < 4.78 is 0. The number of carbonyl (C=O) groups is 2. The zero-order chi connectivity index (χ0) is 20.5. The zero-order valence-electron chi connectivity index (χ0n) is 17.3. The van der Waals surface area contributed by atoms with Crippen LogP contribution in [0, 0.1) is 5.92 Å². The van der Waals surface area contributed by atoms with E-state index in [0.717, 1.165) is 82.1 Å². The zero-order valence-corrected chi connectivity index (χ0v) is 18.1. The van der Waals surface area contributed by atoms with Gasteiger partial charge in [0.05, 0.1) is 4.88 Å². The Morgan fingerprint density at radius 2 is 1.80 bits per heavy atom. The summed E-state index contributed by atoms with van der Waals surface area (Å²) in [5.74, 6) is 1.49. The van der Waals surface area contributed by atoms with E-state index in [1.165, 1.54) is 10.4 Å². The second kappa shape index (κ2) is 8.38. The maximum atomic E-state index is 13.2. The fourth-order valence-electron chi connectivity index (χ4n) is 4.87. The number of carbonyl (C=O) groups excluding carboxylic acids is 2. The molecule has 2 saturated heterocycles. The van der Waals surface area contributed by atoms with Gasteiger partial charge in [-0.15, -0.1) is 11.3 Å². The SMILES string of the molecule is O=C(c1cc2c(s1)CC[C@H](C(=O)N1CCN(c3ccccn3)CC1)C2)N1CCCC1. The first-order chi connectivity index (χ1) is 14.7. The molecule has 1 atom stereocenters. The maximum Gasteiger partial charge on any atom is 0.263 e. The van der Waals surface area contributed by atoms with Crippen molar-refractivity contribution in [1.82, 2.24) is 14.8 Å². The number of hydrogen-bond donors (Lipinski definition) is 0. The van der Waals surface area contributed by atoms with Gasteiger partial charge in [-0.25, -0.2) is 4.98 Å². The van der Waals surface area contributed by atoms with Crippen LogP contribution < -0.4 is 4.90 Å². The van der Waals surface area contributed by atoms with Gasteiger partial charge in [0.1, 0.15) is 5.82 Å². The van der Waals surface area contributed by atoms with E-state index in [0.29, 0.717) is 0 Å². The summed E-state index contributed by atoms with van der Waals surface area (Å²) in [7, 11) is 0. The molecular weight excluding hydrogens is 396 g/mol. The van der Waals surface area contributed by atoms with E-state index in [1.807, 2.05) is 34.2 Å². The molecule has 0 aromatic carbocycles. The molecule has 158 valence electrons. The smallest absolute Gasteiger partial charge is 0.263 e. The molecule has 2 aromatic heterocycles. The predicted molar refractivity (Wildman–Crippen MR) is 118 cm³/mol. The van der Waals surface area contributed by atoms with Crippen molar-refractivity contribution in [2.24, 2.45) is 5.92 Å². The highest BCUT2D eigenvalue weighted by Gasteiger charge is 2.32. The van der Waals surface area contributed by atoms with Gasteiger partial charge in [0, 0.05) is 56.3 Å². The Morgan fingerprint density at radius 1 is 1.00 bits per heavy atom. The molecule has 0 spiro atoms.